The number of carboxylic acid groups (broad SMARTS) is 1. The molecular weight excluding hydrogens is 404 g/mol. The van der Waals surface area contributed by atoms with Crippen LogP contribution in [0.4, 0.5) is 0 Å². The van der Waals surface area contributed by atoms with Crippen LogP contribution in [-0.2, 0) is 11.3 Å². The molecule has 7 heteroatoms. The van der Waals surface area contributed by atoms with Crippen molar-refractivity contribution in [3.05, 3.63) is 75.5 Å². The molecule has 164 valence electrons. The summed E-state index contributed by atoms with van der Waals surface area (Å²) in [4.78, 5) is 25.1. The molecule has 0 aliphatic rings. The standard InChI is InChI=1S/C25H26N4O3/c1-4-7-19(13-24(30)31)29-22-9-6-5-8-21(22)27(25(29)32)15-20-12-18(14-26)23-11-16(2)10-17(3)28(20)23/h5-6,8-12,19H,4,7,13,15H2,1-3H3,(H,30,31). The summed E-state index contributed by atoms with van der Waals surface area (Å²) in [5.41, 5.74) is 5.54. The van der Waals surface area contributed by atoms with Crippen molar-refractivity contribution in [2.45, 2.75) is 52.6 Å². The minimum Gasteiger partial charge on any atom is -0.481 e. The van der Waals surface area contributed by atoms with Gasteiger partial charge in [-0.05, 0) is 56.2 Å². The van der Waals surface area contributed by atoms with Crippen molar-refractivity contribution in [3.8, 4) is 6.07 Å². The first-order chi connectivity index (χ1) is 15.3. The molecule has 1 atom stereocenters. The summed E-state index contributed by atoms with van der Waals surface area (Å²) in [6.45, 7) is 6.25. The fourth-order valence-electron chi connectivity index (χ4n) is 4.75. The zero-order valence-corrected chi connectivity index (χ0v) is 18.5. The topological polar surface area (TPSA) is 92.4 Å². The normalized spacial score (nSPS) is 12.3. The maximum atomic E-state index is 13.6. The van der Waals surface area contributed by atoms with Gasteiger partial charge in [0, 0.05) is 17.4 Å². The first-order valence-corrected chi connectivity index (χ1v) is 10.8. The minimum atomic E-state index is -0.922. The number of nitriles is 1. The first kappa shape index (κ1) is 21.4. The molecule has 0 aliphatic carbocycles. The third-order valence-electron chi connectivity index (χ3n) is 5.98. The number of pyridine rings is 1. The van der Waals surface area contributed by atoms with Gasteiger partial charge in [-0.15, -0.1) is 0 Å². The van der Waals surface area contributed by atoms with Crippen molar-refractivity contribution in [1.82, 2.24) is 13.5 Å². The number of benzene rings is 1. The van der Waals surface area contributed by atoms with Gasteiger partial charge in [-0.3, -0.25) is 13.9 Å². The number of hydrogen-bond acceptors (Lipinski definition) is 3. The van der Waals surface area contributed by atoms with Gasteiger partial charge in [-0.25, -0.2) is 4.79 Å². The zero-order valence-electron chi connectivity index (χ0n) is 18.5. The van der Waals surface area contributed by atoms with Crippen LogP contribution in [0.2, 0.25) is 0 Å². The van der Waals surface area contributed by atoms with Gasteiger partial charge >= 0.3 is 11.7 Å². The summed E-state index contributed by atoms with van der Waals surface area (Å²) in [7, 11) is 0. The highest BCUT2D eigenvalue weighted by Gasteiger charge is 2.23. The zero-order chi connectivity index (χ0) is 23.0. The van der Waals surface area contributed by atoms with Crippen LogP contribution in [0.3, 0.4) is 0 Å². The molecular formula is C25H26N4O3. The van der Waals surface area contributed by atoms with E-state index >= 15 is 0 Å². The number of carbonyl (C=O) groups is 1. The minimum absolute atomic E-state index is 0.104. The van der Waals surface area contributed by atoms with Crippen LogP contribution in [0.5, 0.6) is 0 Å². The lowest BCUT2D eigenvalue weighted by atomic mass is 10.1. The average Bonchev–Trinajstić information content (AvgIpc) is 3.23. The molecule has 4 aromatic rings. The maximum Gasteiger partial charge on any atom is 0.329 e. The quantitative estimate of drug-likeness (QED) is 0.470. The maximum absolute atomic E-state index is 13.6. The molecule has 1 aromatic carbocycles. The second-order valence-electron chi connectivity index (χ2n) is 8.32. The largest absolute Gasteiger partial charge is 0.481 e. The fourth-order valence-corrected chi connectivity index (χ4v) is 4.75. The average molecular weight is 431 g/mol. The highest BCUT2D eigenvalue weighted by atomic mass is 16.4. The van der Waals surface area contributed by atoms with E-state index in [-0.39, 0.29) is 18.7 Å². The second-order valence-corrected chi connectivity index (χ2v) is 8.32. The van der Waals surface area contributed by atoms with E-state index in [0.29, 0.717) is 12.0 Å². The number of aryl methyl sites for hydroxylation is 2. The molecule has 0 saturated carbocycles. The van der Waals surface area contributed by atoms with E-state index < -0.39 is 12.0 Å². The Hall–Kier alpha value is -3.79. The Morgan fingerprint density at radius 2 is 1.84 bits per heavy atom. The number of nitrogens with zero attached hydrogens (tertiary/aromatic N) is 4. The van der Waals surface area contributed by atoms with Crippen molar-refractivity contribution in [2.24, 2.45) is 0 Å². The van der Waals surface area contributed by atoms with Crippen molar-refractivity contribution in [3.63, 3.8) is 0 Å². The molecule has 4 rings (SSSR count). The summed E-state index contributed by atoms with van der Waals surface area (Å²) in [6.07, 6.45) is 1.27. The van der Waals surface area contributed by atoms with Gasteiger partial charge in [-0.2, -0.15) is 5.26 Å². The number of carboxylic acids is 1. The van der Waals surface area contributed by atoms with E-state index in [1.807, 2.05) is 67.6 Å². The molecule has 32 heavy (non-hydrogen) atoms. The number of imidazole rings is 1. The van der Waals surface area contributed by atoms with Crippen LogP contribution in [0.15, 0.2) is 47.3 Å². The van der Waals surface area contributed by atoms with Crippen molar-refractivity contribution < 1.29 is 9.90 Å². The number of para-hydroxylation sites is 2. The van der Waals surface area contributed by atoms with E-state index in [1.54, 1.807) is 9.13 Å². The summed E-state index contributed by atoms with van der Waals surface area (Å²) in [6, 6.07) is 15.2. The smallest absolute Gasteiger partial charge is 0.329 e. The fraction of sp³-hybridized carbons (Fsp3) is 0.320. The van der Waals surface area contributed by atoms with Gasteiger partial charge in [-0.1, -0.05) is 25.5 Å². The molecule has 3 aromatic heterocycles. The Bertz CT molecular complexity index is 1430. The molecule has 0 aliphatic heterocycles. The van der Waals surface area contributed by atoms with Crippen LogP contribution in [0.1, 0.15) is 54.7 Å². The lowest BCUT2D eigenvalue weighted by molar-refractivity contribution is -0.137. The first-order valence-electron chi connectivity index (χ1n) is 10.8. The molecule has 0 amide bonds. The molecule has 0 bridgehead atoms. The number of aliphatic carboxylic acids is 1. The second kappa shape index (κ2) is 8.39. The van der Waals surface area contributed by atoms with Gasteiger partial charge in [0.2, 0.25) is 0 Å². The summed E-state index contributed by atoms with van der Waals surface area (Å²) in [5, 5.41) is 19.1. The molecule has 0 radical (unpaired) electrons. The highest BCUT2D eigenvalue weighted by molar-refractivity contribution is 5.77. The van der Waals surface area contributed by atoms with E-state index in [4.69, 9.17) is 0 Å². The molecule has 7 nitrogen and oxygen atoms in total. The van der Waals surface area contributed by atoms with Crippen molar-refractivity contribution in [1.29, 1.82) is 5.26 Å². The molecule has 0 fully saturated rings. The Kier molecular flexibility index (Phi) is 5.62. The summed E-state index contributed by atoms with van der Waals surface area (Å²) >= 11 is 0. The van der Waals surface area contributed by atoms with E-state index in [2.05, 4.69) is 6.07 Å². The Morgan fingerprint density at radius 3 is 2.50 bits per heavy atom. The molecule has 0 saturated heterocycles. The molecule has 3 heterocycles. The lowest BCUT2D eigenvalue weighted by Gasteiger charge is -2.16. The van der Waals surface area contributed by atoms with Crippen LogP contribution in [0.25, 0.3) is 16.6 Å². The van der Waals surface area contributed by atoms with Crippen LogP contribution < -0.4 is 5.69 Å². The van der Waals surface area contributed by atoms with Gasteiger partial charge < -0.3 is 9.51 Å². The number of hydrogen-bond donors (Lipinski definition) is 1. The van der Waals surface area contributed by atoms with Crippen molar-refractivity contribution in [2.75, 3.05) is 0 Å². The monoisotopic (exact) mass is 430 g/mol. The van der Waals surface area contributed by atoms with Crippen LogP contribution in [-0.4, -0.2) is 24.6 Å². The molecule has 1 unspecified atom stereocenters. The van der Waals surface area contributed by atoms with Gasteiger partial charge in [0.15, 0.2) is 0 Å². The van der Waals surface area contributed by atoms with E-state index in [0.717, 1.165) is 39.9 Å². The summed E-state index contributed by atoms with van der Waals surface area (Å²) in [5.74, 6) is -0.922. The third-order valence-corrected chi connectivity index (χ3v) is 5.98. The Labute approximate surface area is 185 Å². The predicted octanol–water partition coefficient (Wildman–Crippen LogP) is 4.41. The van der Waals surface area contributed by atoms with Gasteiger partial charge in [0.25, 0.3) is 0 Å². The Balaban J connectivity index is 1.93. The van der Waals surface area contributed by atoms with E-state index in [9.17, 15) is 20.0 Å². The van der Waals surface area contributed by atoms with Gasteiger partial charge in [0.05, 0.1) is 35.1 Å². The third kappa shape index (κ3) is 3.58. The summed E-state index contributed by atoms with van der Waals surface area (Å²) < 4.78 is 5.33. The lowest BCUT2D eigenvalue weighted by Crippen LogP contribution is -2.29. The number of aromatic nitrogens is 3. The van der Waals surface area contributed by atoms with Crippen molar-refractivity contribution >= 4 is 22.5 Å². The van der Waals surface area contributed by atoms with Crippen LogP contribution >= 0.6 is 0 Å². The van der Waals surface area contributed by atoms with Gasteiger partial charge in [0.1, 0.15) is 6.07 Å². The molecule has 0 spiro atoms. The Morgan fingerprint density at radius 1 is 1.12 bits per heavy atom. The highest BCUT2D eigenvalue weighted by Crippen LogP contribution is 2.26. The predicted molar refractivity (Wildman–Crippen MR) is 123 cm³/mol. The van der Waals surface area contributed by atoms with E-state index in [1.165, 1.54) is 0 Å². The number of fused-ring (bicyclic) bond motifs is 2. The SMILES string of the molecule is CCCC(CC(=O)O)n1c(=O)n(Cc2cc(C#N)c3cc(C)cc(C)n23)c2ccccc21. The molecule has 1 N–H and O–H groups in total. The number of rotatable bonds is 7. The van der Waals surface area contributed by atoms with Crippen LogP contribution in [0, 0.1) is 25.2 Å².